The van der Waals surface area contributed by atoms with E-state index in [9.17, 15) is 8.42 Å². The molecule has 0 amide bonds. The summed E-state index contributed by atoms with van der Waals surface area (Å²) < 4.78 is 27.1. The lowest BCUT2D eigenvalue weighted by atomic mass is 10.1. The topological polar surface area (TPSA) is 76.9 Å². The molecule has 134 valence electrons. The summed E-state index contributed by atoms with van der Waals surface area (Å²) in [6, 6.07) is 7.35. The Bertz CT molecular complexity index is 1020. The van der Waals surface area contributed by atoms with Gasteiger partial charge in [-0.3, -0.25) is 9.97 Å². The number of aryl methyl sites for hydroxylation is 1. The van der Waals surface area contributed by atoms with Gasteiger partial charge in [0, 0.05) is 43.6 Å². The minimum Gasteiger partial charge on any atom is -0.387 e. The third-order valence-electron chi connectivity index (χ3n) is 3.99. The van der Waals surface area contributed by atoms with E-state index >= 15 is 0 Å². The van der Waals surface area contributed by atoms with Gasteiger partial charge in [0.05, 0.1) is 17.1 Å². The second kappa shape index (κ2) is 7.53. The van der Waals surface area contributed by atoms with Gasteiger partial charge in [0.25, 0.3) is 0 Å². The number of hydrogen-bond donors (Lipinski definition) is 1. The first-order chi connectivity index (χ1) is 12.5. The van der Waals surface area contributed by atoms with Gasteiger partial charge in [0.1, 0.15) is 0 Å². The maximum Gasteiger partial charge on any atom is 0.242 e. The fourth-order valence-corrected chi connectivity index (χ4v) is 3.83. The van der Waals surface area contributed by atoms with Crippen molar-refractivity contribution >= 4 is 21.8 Å². The molecule has 0 aliphatic carbocycles. The van der Waals surface area contributed by atoms with E-state index < -0.39 is 10.0 Å². The van der Waals surface area contributed by atoms with Crippen LogP contribution in [0.3, 0.4) is 0 Å². The number of pyridine rings is 2. The summed E-state index contributed by atoms with van der Waals surface area (Å²) in [5, 5.41) is 3.00. The van der Waals surface area contributed by atoms with Gasteiger partial charge in [-0.1, -0.05) is 18.2 Å². The average Bonchev–Trinajstić information content (AvgIpc) is 3.08. The zero-order valence-electron chi connectivity index (χ0n) is 14.6. The summed E-state index contributed by atoms with van der Waals surface area (Å²) in [5.74, 6) is -0.119. The van der Waals surface area contributed by atoms with Crippen molar-refractivity contribution in [2.45, 2.75) is 6.92 Å². The first kappa shape index (κ1) is 17.9. The predicted molar refractivity (Wildman–Crippen MR) is 104 cm³/mol. The predicted octanol–water partition coefficient (Wildman–Crippen LogP) is 3.19. The zero-order chi connectivity index (χ0) is 18.6. The molecule has 0 spiro atoms. The molecule has 0 radical (unpaired) electrons. The molecule has 0 aliphatic heterocycles. The van der Waals surface area contributed by atoms with E-state index in [-0.39, 0.29) is 5.75 Å². The fraction of sp³-hybridized carbons (Fsp3) is 0.158. The first-order valence-corrected chi connectivity index (χ1v) is 9.73. The van der Waals surface area contributed by atoms with Gasteiger partial charge in [-0.15, -0.1) is 0 Å². The van der Waals surface area contributed by atoms with Crippen molar-refractivity contribution in [1.29, 1.82) is 0 Å². The van der Waals surface area contributed by atoms with Crippen molar-refractivity contribution in [2.75, 3.05) is 18.1 Å². The molecule has 3 aromatic rings. The summed E-state index contributed by atoms with van der Waals surface area (Å²) >= 11 is 0. The number of anilines is 1. The SMILES string of the molecule is CNc1cc(-c2cnccc2C)n(S(=O)(=O)CC=Cc2cccnc2)c1. The standard InChI is InChI=1S/C19H20N4O2S/c1-15-7-9-22-13-18(15)19-11-17(20-2)14-23(19)26(24,25)10-4-6-16-5-3-8-21-12-16/h3-9,11-14,20H,10H2,1-2H3. The van der Waals surface area contributed by atoms with Crippen LogP contribution in [-0.2, 0) is 10.0 Å². The van der Waals surface area contributed by atoms with Crippen LogP contribution in [0.2, 0.25) is 0 Å². The maximum absolute atomic E-state index is 12.9. The maximum atomic E-state index is 12.9. The quantitative estimate of drug-likeness (QED) is 0.723. The molecule has 3 rings (SSSR count). The van der Waals surface area contributed by atoms with Crippen molar-refractivity contribution in [3.63, 3.8) is 0 Å². The largest absolute Gasteiger partial charge is 0.387 e. The van der Waals surface area contributed by atoms with Gasteiger partial charge in [-0.25, -0.2) is 12.4 Å². The van der Waals surface area contributed by atoms with E-state index in [1.54, 1.807) is 50.2 Å². The Morgan fingerprint density at radius 3 is 2.69 bits per heavy atom. The molecule has 0 aromatic carbocycles. The molecule has 0 unspecified atom stereocenters. The highest BCUT2D eigenvalue weighted by Gasteiger charge is 2.19. The van der Waals surface area contributed by atoms with Crippen LogP contribution in [0.4, 0.5) is 5.69 Å². The molecule has 6 nitrogen and oxygen atoms in total. The molecule has 3 heterocycles. The van der Waals surface area contributed by atoms with Gasteiger partial charge in [0.15, 0.2) is 0 Å². The Morgan fingerprint density at radius 1 is 1.19 bits per heavy atom. The number of rotatable bonds is 6. The van der Waals surface area contributed by atoms with Crippen LogP contribution < -0.4 is 5.32 Å². The van der Waals surface area contributed by atoms with Gasteiger partial charge >= 0.3 is 0 Å². The Kier molecular flexibility index (Phi) is 5.18. The van der Waals surface area contributed by atoms with Crippen LogP contribution in [0, 0.1) is 6.92 Å². The van der Waals surface area contributed by atoms with Crippen LogP contribution in [0.1, 0.15) is 11.1 Å². The summed E-state index contributed by atoms with van der Waals surface area (Å²) in [5.41, 5.74) is 3.92. The molecule has 1 N–H and O–H groups in total. The Hall–Kier alpha value is -2.93. The van der Waals surface area contributed by atoms with Gasteiger partial charge in [-0.2, -0.15) is 0 Å². The lowest BCUT2D eigenvalue weighted by Crippen LogP contribution is -2.15. The molecule has 7 heteroatoms. The van der Waals surface area contributed by atoms with Crippen molar-refractivity contribution in [2.24, 2.45) is 0 Å². The van der Waals surface area contributed by atoms with Crippen molar-refractivity contribution < 1.29 is 8.42 Å². The van der Waals surface area contributed by atoms with E-state index in [0.29, 0.717) is 5.69 Å². The van der Waals surface area contributed by atoms with E-state index in [4.69, 9.17) is 0 Å². The molecule has 0 saturated heterocycles. The lowest BCUT2D eigenvalue weighted by Gasteiger charge is -2.10. The molecular formula is C19H20N4O2S. The number of aromatic nitrogens is 3. The van der Waals surface area contributed by atoms with Crippen LogP contribution in [-0.4, -0.2) is 35.2 Å². The van der Waals surface area contributed by atoms with E-state index in [1.165, 1.54) is 3.97 Å². The second-order valence-corrected chi connectivity index (χ2v) is 7.71. The molecule has 0 bridgehead atoms. The van der Waals surface area contributed by atoms with Crippen molar-refractivity contribution in [3.05, 3.63) is 72.5 Å². The first-order valence-electron chi connectivity index (χ1n) is 8.12. The monoisotopic (exact) mass is 368 g/mol. The van der Waals surface area contributed by atoms with Gasteiger partial charge in [-0.05, 0) is 36.2 Å². The molecular weight excluding hydrogens is 348 g/mol. The summed E-state index contributed by atoms with van der Waals surface area (Å²) in [7, 11) is -1.82. The minimum absolute atomic E-state index is 0.119. The van der Waals surface area contributed by atoms with E-state index in [1.807, 2.05) is 31.2 Å². The molecule has 0 saturated carbocycles. The van der Waals surface area contributed by atoms with Crippen LogP contribution in [0.5, 0.6) is 0 Å². The van der Waals surface area contributed by atoms with Gasteiger partial charge in [0.2, 0.25) is 10.0 Å². The highest BCUT2D eigenvalue weighted by atomic mass is 32.2. The van der Waals surface area contributed by atoms with Crippen molar-refractivity contribution in [1.82, 2.24) is 13.9 Å². The smallest absolute Gasteiger partial charge is 0.242 e. The Morgan fingerprint density at radius 2 is 2.00 bits per heavy atom. The number of hydrogen-bond acceptors (Lipinski definition) is 5. The van der Waals surface area contributed by atoms with Gasteiger partial charge < -0.3 is 5.32 Å². The summed E-state index contributed by atoms with van der Waals surface area (Å²) in [6.45, 7) is 1.93. The van der Waals surface area contributed by atoms with E-state index in [2.05, 4.69) is 15.3 Å². The average molecular weight is 368 g/mol. The van der Waals surface area contributed by atoms with Crippen LogP contribution >= 0.6 is 0 Å². The summed E-state index contributed by atoms with van der Waals surface area (Å²) in [6.07, 6.45) is 11.7. The highest BCUT2D eigenvalue weighted by molar-refractivity contribution is 7.90. The molecule has 3 aromatic heterocycles. The van der Waals surface area contributed by atoms with Crippen molar-refractivity contribution in [3.8, 4) is 11.3 Å². The number of nitrogens with zero attached hydrogens (tertiary/aromatic N) is 3. The highest BCUT2D eigenvalue weighted by Crippen LogP contribution is 2.28. The second-order valence-electron chi connectivity index (χ2n) is 5.82. The van der Waals surface area contributed by atoms with E-state index in [0.717, 1.165) is 22.4 Å². The molecule has 0 fully saturated rings. The fourth-order valence-electron chi connectivity index (χ4n) is 2.60. The third kappa shape index (κ3) is 3.83. The summed E-state index contributed by atoms with van der Waals surface area (Å²) in [4.78, 5) is 8.15. The number of nitrogens with one attached hydrogen (secondary N) is 1. The lowest BCUT2D eigenvalue weighted by molar-refractivity contribution is 0.591. The normalized spacial score (nSPS) is 11.8. The zero-order valence-corrected chi connectivity index (χ0v) is 15.4. The molecule has 0 atom stereocenters. The molecule has 0 aliphatic rings. The van der Waals surface area contributed by atoms with Crippen LogP contribution in [0.15, 0.2) is 61.3 Å². The third-order valence-corrected chi connectivity index (χ3v) is 5.51. The minimum atomic E-state index is -3.57. The van der Waals surface area contributed by atoms with Crippen LogP contribution in [0.25, 0.3) is 17.3 Å². The Labute approximate surface area is 153 Å². The Balaban J connectivity index is 1.96. The molecule has 26 heavy (non-hydrogen) atoms.